The number of anilines is 2. The molecule has 1 aromatic rings. The molecule has 1 heterocycles. The number of benzene rings is 1. The maximum atomic E-state index is 12.6. The van der Waals surface area contributed by atoms with Crippen molar-refractivity contribution >= 4 is 27.5 Å². The number of morpholine rings is 1. The monoisotopic (exact) mass is 382 g/mol. The average molecular weight is 382 g/mol. The fourth-order valence-corrected chi connectivity index (χ4v) is 4.00. The van der Waals surface area contributed by atoms with Gasteiger partial charge in [-0.05, 0) is 37.5 Å². The Hall–Kier alpha value is -1.68. The van der Waals surface area contributed by atoms with Crippen molar-refractivity contribution in [2.75, 3.05) is 37.3 Å². The fourth-order valence-electron chi connectivity index (χ4n) is 3.39. The normalized spacial score (nSPS) is 26.2. The number of ether oxygens (including phenoxy) is 1. The van der Waals surface area contributed by atoms with Crippen LogP contribution in [-0.2, 0) is 19.7 Å². The summed E-state index contributed by atoms with van der Waals surface area (Å²) in [6.45, 7) is 1.55. The van der Waals surface area contributed by atoms with Crippen LogP contribution in [0.3, 0.4) is 0 Å². The van der Waals surface area contributed by atoms with E-state index in [0.29, 0.717) is 11.4 Å². The van der Waals surface area contributed by atoms with E-state index in [1.807, 2.05) is 0 Å². The molecule has 1 aromatic carbocycles. The number of amides is 1. The van der Waals surface area contributed by atoms with E-state index in [9.17, 15) is 13.2 Å². The first-order valence-corrected chi connectivity index (χ1v) is 10.3. The van der Waals surface area contributed by atoms with Gasteiger partial charge < -0.3 is 15.4 Å². The number of carbonyl (C=O) groups excluding carboxylic acids is 1. The predicted octanol–water partition coefficient (Wildman–Crippen LogP) is 1.00. The summed E-state index contributed by atoms with van der Waals surface area (Å²) in [6.07, 6.45) is 2.63. The lowest BCUT2D eigenvalue weighted by Gasteiger charge is -2.39. The van der Waals surface area contributed by atoms with Crippen LogP contribution in [0.4, 0.5) is 11.4 Å². The van der Waals surface area contributed by atoms with Crippen molar-refractivity contribution in [2.45, 2.75) is 31.4 Å². The summed E-state index contributed by atoms with van der Waals surface area (Å²) in [5.41, 5.74) is 0.978. The topological polar surface area (TPSA) is 99.8 Å². The Kier molecular flexibility index (Phi) is 5.81. The predicted molar refractivity (Wildman–Crippen MR) is 100 cm³/mol. The molecule has 3 N–H and O–H groups in total. The summed E-state index contributed by atoms with van der Waals surface area (Å²) < 4.78 is 33.2. The van der Waals surface area contributed by atoms with Crippen molar-refractivity contribution in [1.29, 1.82) is 0 Å². The maximum Gasteiger partial charge on any atom is 0.301 e. The average Bonchev–Trinajstić information content (AvgIpc) is 2.61. The van der Waals surface area contributed by atoms with E-state index < -0.39 is 10.2 Å². The number of rotatable bonds is 5. The lowest BCUT2D eigenvalue weighted by Crippen LogP contribution is -2.52. The zero-order valence-corrected chi connectivity index (χ0v) is 15.9. The molecule has 0 radical (unpaired) electrons. The zero-order valence-electron chi connectivity index (χ0n) is 15.1. The van der Waals surface area contributed by atoms with Crippen LogP contribution in [0.25, 0.3) is 0 Å². The second-order valence-corrected chi connectivity index (χ2v) is 8.82. The van der Waals surface area contributed by atoms with Gasteiger partial charge in [-0.15, -0.1) is 0 Å². The molecule has 1 amide bonds. The molecule has 0 unspecified atom stereocenters. The van der Waals surface area contributed by atoms with Gasteiger partial charge in [0.2, 0.25) is 5.91 Å². The van der Waals surface area contributed by atoms with Gasteiger partial charge in [-0.2, -0.15) is 12.7 Å². The summed E-state index contributed by atoms with van der Waals surface area (Å²) in [5.74, 6) is -0.115. The molecule has 9 heteroatoms. The Morgan fingerprint density at radius 1 is 1.27 bits per heavy atom. The molecule has 1 saturated carbocycles. The molecule has 3 atom stereocenters. The van der Waals surface area contributed by atoms with Crippen LogP contribution in [0.1, 0.15) is 19.3 Å². The SMILES string of the molecule is CN(C)S(=O)(=O)Nc1cccc(NC(=O)[C@H]2CC[C@H]3OCCN[C@@H]3C2)c1. The van der Waals surface area contributed by atoms with Crippen LogP contribution in [-0.4, -0.2) is 58.0 Å². The second-order valence-electron chi connectivity index (χ2n) is 6.94. The van der Waals surface area contributed by atoms with E-state index in [1.54, 1.807) is 24.3 Å². The summed E-state index contributed by atoms with van der Waals surface area (Å²) in [6, 6.07) is 6.94. The lowest BCUT2D eigenvalue weighted by molar-refractivity contribution is -0.123. The third-order valence-corrected chi connectivity index (χ3v) is 6.31. The molecule has 2 aliphatic rings. The van der Waals surface area contributed by atoms with Crippen LogP contribution >= 0.6 is 0 Å². The summed E-state index contributed by atoms with van der Waals surface area (Å²) in [7, 11) is -0.678. The van der Waals surface area contributed by atoms with Crippen LogP contribution in [0.15, 0.2) is 24.3 Å². The molecule has 0 bridgehead atoms. The molecule has 1 aliphatic heterocycles. The Balaban J connectivity index is 1.62. The third-order valence-electron chi connectivity index (χ3n) is 4.86. The van der Waals surface area contributed by atoms with Crippen LogP contribution in [0, 0.1) is 5.92 Å². The smallest absolute Gasteiger partial charge is 0.301 e. The second kappa shape index (κ2) is 7.91. The van der Waals surface area contributed by atoms with Gasteiger partial charge in [0.25, 0.3) is 0 Å². The summed E-state index contributed by atoms with van der Waals surface area (Å²) in [5, 5.41) is 6.34. The van der Waals surface area contributed by atoms with E-state index in [1.165, 1.54) is 14.1 Å². The largest absolute Gasteiger partial charge is 0.375 e. The van der Waals surface area contributed by atoms with Crippen LogP contribution in [0.5, 0.6) is 0 Å². The Morgan fingerprint density at radius 3 is 2.81 bits per heavy atom. The number of nitrogens with zero attached hydrogens (tertiary/aromatic N) is 1. The highest BCUT2D eigenvalue weighted by molar-refractivity contribution is 7.90. The number of fused-ring (bicyclic) bond motifs is 1. The molecular formula is C17H26N4O4S. The molecule has 144 valence electrons. The van der Waals surface area contributed by atoms with Gasteiger partial charge in [0.05, 0.1) is 18.4 Å². The van der Waals surface area contributed by atoms with Crippen molar-refractivity contribution < 1.29 is 17.9 Å². The Bertz CT molecular complexity index is 753. The number of nitrogens with one attached hydrogen (secondary N) is 3. The minimum atomic E-state index is -3.58. The molecular weight excluding hydrogens is 356 g/mol. The lowest BCUT2D eigenvalue weighted by atomic mass is 9.82. The van der Waals surface area contributed by atoms with Gasteiger partial charge in [0.15, 0.2) is 0 Å². The van der Waals surface area contributed by atoms with E-state index in [-0.39, 0.29) is 24.0 Å². The van der Waals surface area contributed by atoms with Gasteiger partial charge in [0, 0.05) is 38.3 Å². The Morgan fingerprint density at radius 2 is 2.04 bits per heavy atom. The molecule has 26 heavy (non-hydrogen) atoms. The van der Waals surface area contributed by atoms with Gasteiger partial charge in [-0.1, -0.05) is 6.07 Å². The van der Waals surface area contributed by atoms with Gasteiger partial charge in [-0.25, -0.2) is 0 Å². The molecule has 8 nitrogen and oxygen atoms in total. The highest BCUT2D eigenvalue weighted by Crippen LogP contribution is 2.29. The Labute approximate surface area is 154 Å². The van der Waals surface area contributed by atoms with Crippen LogP contribution < -0.4 is 15.4 Å². The molecule has 1 aliphatic carbocycles. The number of hydrogen-bond acceptors (Lipinski definition) is 5. The summed E-state index contributed by atoms with van der Waals surface area (Å²) in [4.78, 5) is 12.6. The van der Waals surface area contributed by atoms with Gasteiger partial charge in [0.1, 0.15) is 0 Å². The van der Waals surface area contributed by atoms with E-state index in [2.05, 4.69) is 15.4 Å². The zero-order chi connectivity index (χ0) is 18.7. The highest BCUT2D eigenvalue weighted by atomic mass is 32.2. The fraction of sp³-hybridized carbons (Fsp3) is 0.588. The van der Waals surface area contributed by atoms with Gasteiger partial charge in [-0.3, -0.25) is 9.52 Å². The van der Waals surface area contributed by atoms with Crippen molar-refractivity contribution in [3.63, 3.8) is 0 Å². The quantitative estimate of drug-likeness (QED) is 0.706. The van der Waals surface area contributed by atoms with Crippen molar-refractivity contribution in [3.05, 3.63) is 24.3 Å². The highest BCUT2D eigenvalue weighted by Gasteiger charge is 2.35. The maximum absolute atomic E-state index is 12.6. The first-order chi connectivity index (χ1) is 12.3. The van der Waals surface area contributed by atoms with Crippen molar-refractivity contribution in [3.8, 4) is 0 Å². The molecule has 0 spiro atoms. The third kappa shape index (κ3) is 4.53. The molecule has 0 aromatic heterocycles. The molecule has 2 fully saturated rings. The number of hydrogen-bond donors (Lipinski definition) is 3. The van der Waals surface area contributed by atoms with Gasteiger partial charge >= 0.3 is 10.2 Å². The summed E-state index contributed by atoms with van der Waals surface area (Å²) >= 11 is 0. The minimum Gasteiger partial charge on any atom is -0.375 e. The van der Waals surface area contributed by atoms with E-state index >= 15 is 0 Å². The van der Waals surface area contributed by atoms with E-state index in [0.717, 1.165) is 36.7 Å². The number of carbonyl (C=O) groups is 1. The molecule has 1 saturated heterocycles. The van der Waals surface area contributed by atoms with Crippen LogP contribution in [0.2, 0.25) is 0 Å². The first kappa shape index (κ1) is 19.1. The van der Waals surface area contributed by atoms with Crippen molar-refractivity contribution in [2.24, 2.45) is 5.92 Å². The molecule has 3 rings (SSSR count). The standard InChI is InChI=1S/C17H26N4O4S/c1-21(2)26(23,24)20-14-5-3-4-13(11-14)19-17(22)12-6-7-16-15(10-12)18-8-9-25-16/h3-5,11-12,15-16,18,20H,6-10H2,1-2H3,(H,19,22)/t12-,15+,16+/m0/s1. The van der Waals surface area contributed by atoms with E-state index in [4.69, 9.17) is 4.74 Å². The van der Waals surface area contributed by atoms with Crippen molar-refractivity contribution in [1.82, 2.24) is 9.62 Å². The first-order valence-electron chi connectivity index (χ1n) is 8.81. The minimum absolute atomic E-state index is 0.0385.